The van der Waals surface area contributed by atoms with Gasteiger partial charge in [-0.2, -0.15) is 0 Å². The fourth-order valence-electron chi connectivity index (χ4n) is 2.37. The van der Waals surface area contributed by atoms with Crippen LogP contribution >= 0.6 is 15.9 Å². The molecule has 2 unspecified atom stereocenters. The van der Waals surface area contributed by atoms with Gasteiger partial charge in [-0.25, -0.2) is 4.39 Å². The molecular weight excluding hydrogens is 297 g/mol. The number of hydrogen-bond donors (Lipinski definition) is 1. The van der Waals surface area contributed by atoms with Crippen molar-refractivity contribution in [1.29, 1.82) is 0 Å². The largest absolute Gasteiger partial charge is 0.372 e. The zero-order chi connectivity index (χ0) is 13.0. The molecule has 0 aliphatic heterocycles. The van der Waals surface area contributed by atoms with E-state index in [1.807, 2.05) is 6.07 Å². The maximum absolute atomic E-state index is 13.4. The van der Waals surface area contributed by atoms with Crippen molar-refractivity contribution >= 4 is 15.9 Å². The normalized spacial score (nSPS) is 24.8. The number of halogens is 2. The van der Waals surface area contributed by atoms with Crippen molar-refractivity contribution in [3.63, 3.8) is 0 Å². The molecule has 1 saturated carbocycles. The van der Waals surface area contributed by atoms with Gasteiger partial charge in [-0.05, 0) is 40.4 Å². The lowest BCUT2D eigenvalue weighted by molar-refractivity contribution is 0.0190. The molecule has 0 spiro atoms. The fraction of sp³-hybridized carbons (Fsp3) is 0.571. The summed E-state index contributed by atoms with van der Waals surface area (Å²) in [5.41, 5.74) is 6.94. The summed E-state index contributed by atoms with van der Waals surface area (Å²) < 4.78 is 19.7. The molecule has 2 atom stereocenters. The second kappa shape index (κ2) is 6.64. The Labute approximate surface area is 116 Å². The highest BCUT2D eigenvalue weighted by atomic mass is 79.9. The number of benzene rings is 1. The molecule has 2 nitrogen and oxygen atoms in total. The summed E-state index contributed by atoms with van der Waals surface area (Å²) in [4.78, 5) is 0. The highest BCUT2D eigenvalue weighted by Crippen LogP contribution is 2.24. The topological polar surface area (TPSA) is 35.2 Å². The third kappa shape index (κ3) is 3.53. The van der Waals surface area contributed by atoms with Crippen LogP contribution in [0, 0.1) is 5.82 Å². The molecule has 1 aliphatic rings. The second-order valence-corrected chi connectivity index (χ2v) is 5.66. The summed E-state index contributed by atoms with van der Waals surface area (Å²) in [5.74, 6) is -0.249. The molecule has 2 rings (SSSR count). The molecule has 0 amide bonds. The molecule has 1 fully saturated rings. The van der Waals surface area contributed by atoms with Gasteiger partial charge in [0.15, 0.2) is 0 Å². The number of rotatable bonds is 3. The number of nitrogens with two attached hydrogens (primary N) is 1. The average Bonchev–Trinajstić information content (AvgIpc) is 2.56. The van der Waals surface area contributed by atoms with Crippen LogP contribution in [0.3, 0.4) is 0 Å². The SMILES string of the molecule is NC1CCCCCC1OCc1cccc(F)c1Br. The van der Waals surface area contributed by atoms with Crippen molar-refractivity contribution in [3.05, 3.63) is 34.1 Å². The zero-order valence-corrected chi connectivity index (χ0v) is 12.0. The first-order chi connectivity index (χ1) is 8.68. The molecule has 100 valence electrons. The van der Waals surface area contributed by atoms with Gasteiger partial charge < -0.3 is 10.5 Å². The van der Waals surface area contributed by atoms with E-state index in [1.54, 1.807) is 6.07 Å². The van der Waals surface area contributed by atoms with Crippen LogP contribution in [0.4, 0.5) is 4.39 Å². The molecule has 0 heterocycles. The van der Waals surface area contributed by atoms with E-state index in [2.05, 4.69) is 15.9 Å². The van der Waals surface area contributed by atoms with Gasteiger partial charge in [-0.1, -0.05) is 31.4 Å². The Morgan fingerprint density at radius 3 is 2.89 bits per heavy atom. The average molecular weight is 316 g/mol. The third-order valence-electron chi connectivity index (χ3n) is 3.49. The van der Waals surface area contributed by atoms with E-state index in [0.29, 0.717) is 11.1 Å². The first-order valence-electron chi connectivity index (χ1n) is 6.48. The number of ether oxygens (including phenoxy) is 1. The molecule has 1 aliphatic carbocycles. The second-order valence-electron chi connectivity index (χ2n) is 4.86. The lowest BCUT2D eigenvalue weighted by Gasteiger charge is -2.22. The van der Waals surface area contributed by atoms with Crippen molar-refractivity contribution in [2.24, 2.45) is 5.73 Å². The van der Waals surface area contributed by atoms with Crippen molar-refractivity contribution in [2.75, 3.05) is 0 Å². The Bertz CT molecular complexity index is 399. The highest BCUT2D eigenvalue weighted by Gasteiger charge is 2.21. The molecule has 0 saturated heterocycles. The third-order valence-corrected chi connectivity index (χ3v) is 4.38. The standard InChI is InChI=1S/C14H19BrFNO/c15-14-10(5-4-6-11(14)16)9-18-13-8-3-1-2-7-12(13)17/h4-6,12-13H,1-3,7-9,17H2. The molecule has 0 bridgehead atoms. The molecule has 1 aromatic rings. The molecule has 1 aromatic carbocycles. The summed E-state index contributed by atoms with van der Waals surface area (Å²) in [6.45, 7) is 0.413. The van der Waals surface area contributed by atoms with Crippen LogP contribution in [0.15, 0.2) is 22.7 Å². The van der Waals surface area contributed by atoms with E-state index in [9.17, 15) is 4.39 Å². The van der Waals surface area contributed by atoms with Gasteiger partial charge in [0.2, 0.25) is 0 Å². The molecule has 2 N–H and O–H groups in total. The summed E-state index contributed by atoms with van der Waals surface area (Å²) in [6.07, 6.45) is 5.72. The van der Waals surface area contributed by atoms with Crippen molar-refractivity contribution in [2.45, 2.75) is 50.9 Å². The van der Waals surface area contributed by atoms with Gasteiger partial charge in [0, 0.05) is 6.04 Å². The van der Waals surface area contributed by atoms with Crippen molar-refractivity contribution in [1.82, 2.24) is 0 Å². The Hall–Kier alpha value is -0.450. The molecule has 0 radical (unpaired) electrons. The Kier molecular flexibility index (Phi) is 5.15. The van der Waals surface area contributed by atoms with Gasteiger partial charge in [0.05, 0.1) is 17.2 Å². The van der Waals surface area contributed by atoms with Crippen LogP contribution in [0.1, 0.15) is 37.7 Å². The Morgan fingerprint density at radius 2 is 2.06 bits per heavy atom. The lowest BCUT2D eigenvalue weighted by atomic mass is 10.1. The van der Waals surface area contributed by atoms with E-state index in [4.69, 9.17) is 10.5 Å². The maximum atomic E-state index is 13.4. The molecule has 0 aromatic heterocycles. The van der Waals surface area contributed by atoms with Gasteiger partial charge in [-0.15, -0.1) is 0 Å². The zero-order valence-electron chi connectivity index (χ0n) is 10.4. The molecule has 18 heavy (non-hydrogen) atoms. The lowest BCUT2D eigenvalue weighted by Crippen LogP contribution is -2.35. The molecule has 4 heteroatoms. The summed E-state index contributed by atoms with van der Waals surface area (Å²) in [6, 6.07) is 5.12. The minimum atomic E-state index is -0.249. The smallest absolute Gasteiger partial charge is 0.137 e. The monoisotopic (exact) mass is 315 g/mol. The summed E-state index contributed by atoms with van der Waals surface area (Å²) in [5, 5.41) is 0. The van der Waals surface area contributed by atoms with Gasteiger partial charge in [0.25, 0.3) is 0 Å². The Morgan fingerprint density at radius 1 is 1.28 bits per heavy atom. The van der Waals surface area contributed by atoms with Gasteiger partial charge in [-0.3, -0.25) is 0 Å². The summed E-state index contributed by atoms with van der Waals surface area (Å²) >= 11 is 3.25. The van der Waals surface area contributed by atoms with E-state index >= 15 is 0 Å². The van der Waals surface area contributed by atoms with E-state index in [-0.39, 0.29) is 18.0 Å². The van der Waals surface area contributed by atoms with Crippen LogP contribution in [0.25, 0.3) is 0 Å². The maximum Gasteiger partial charge on any atom is 0.137 e. The van der Waals surface area contributed by atoms with E-state index < -0.39 is 0 Å². The van der Waals surface area contributed by atoms with Crippen molar-refractivity contribution in [3.8, 4) is 0 Å². The van der Waals surface area contributed by atoms with Crippen LogP contribution < -0.4 is 5.73 Å². The highest BCUT2D eigenvalue weighted by molar-refractivity contribution is 9.10. The van der Waals surface area contributed by atoms with E-state index in [0.717, 1.165) is 18.4 Å². The number of hydrogen-bond acceptors (Lipinski definition) is 2. The Balaban J connectivity index is 1.95. The van der Waals surface area contributed by atoms with E-state index in [1.165, 1.54) is 25.3 Å². The summed E-state index contributed by atoms with van der Waals surface area (Å²) in [7, 11) is 0. The fourth-order valence-corrected chi connectivity index (χ4v) is 2.74. The van der Waals surface area contributed by atoms with Crippen LogP contribution in [-0.2, 0) is 11.3 Å². The van der Waals surface area contributed by atoms with Gasteiger partial charge in [0.1, 0.15) is 5.82 Å². The quantitative estimate of drug-likeness (QED) is 0.862. The van der Waals surface area contributed by atoms with Gasteiger partial charge >= 0.3 is 0 Å². The predicted octanol–water partition coefficient (Wildman–Crippen LogP) is 3.76. The van der Waals surface area contributed by atoms with Crippen molar-refractivity contribution < 1.29 is 9.13 Å². The van der Waals surface area contributed by atoms with Crippen LogP contribution in [0.2, 0.25) is 0 Å². The minimum Gasteiger partial charge on any atom is -0.372 e. The van der Waals surface area contributed by atoms with Crippen LogP contribution in [-0.4, -0.2) is 12.1 Å². The predicted molar refractivity (Wildman–Crippen MR) is 73.7 cm³/mol. The first-order valence-corrected chi connectivity index (χ1v) is 7.28. The minimum absolute atomic E-state index is 0.0997. The first kappa shape index (κ1) is 14.0. The van der Waals surface area contributed by atoms with Crippen LogP contribution in [0.5, 0.6) is 0 Å². The molecular formula is C14H19BrFNO.